The third-order valence-electron chi connectivity index (χ3n) is 3.82. The summed E-state index contributed by atoms with van der Waals surface area (Å²) in [4.78, 5) is 20.7. The highest BCUT2D eigenvalue weighted by atomic mass is 19.1. The number of hydrogen-bond acceptors (Lipinski definition) is 5. The van der Waals surface area contributed by atoms with Gasteiger partial charge in [0, 0.05) is 17.8 Å². The largest absolute Gasteiger partial charge is 0.455 e. The Balaban J connectivity index is 1.56. The van der Waals surface area contributed by atoms with Crippen LogP contribution in [0.15, 0.2) is 79.5 Å². The molecule has 0 saturated carbocycles. The predicted octanol–water partition coefficient (Wildman–Crippen LogP) is 3.85. The van der Waals surface area contributed by atoms with Crippen molar-refractivity contribution in [2.75, 3.05) is 5.32 Å². The Morgan fingerprint density at radius 3 is 2.79 bits per heavy atom. The second kappa shape index (κ2) is 7.67. The van der Waals surface area contributed by atoms with Gasteiger partial charge in [-0.15, -0.1) is 0 Å². The number of pyridine rings is 1. The minimum Gasteiger partial charge on any atom is -0.455 e. The summed E-state index contributed by atoms with van der Waals surface area (Å²) in [5.41, 5.74) is 0.844. The highest BCUT2D eigenvalue weighted by molar-refractivity contribution is 6.05. The monoisotopic (exact) mass is 375 g/mol. The molecule has 0 saturated heterocycles. The number of amides is 1. The van der Waals surface area contributed by atoms with Crippen LogP contribution in [0.4, 0.5) is 10.1 Å². The summed E-state index contributed by atoms with van der Waals surface area (Å²) in [7, 11) is 0. The molecule has 0 aliphatic carbocycles. The van der Waals surface area contributed by atoms with Gasteiger partial charge in [0.05, 0.1) is 5.69 Å². The molecule has 1 N–H and O–H groups in total. The normalized spacial score (nSPS) is 10.5. The zero-order valence-corrected chi connectivity index (χ0v) is 14.5. The van der Waals surface area contributed by atoms with Crippen molar-refractivity contribution in [1.29, 1.82) is 0 Å². The summed E-state index contributed by atoms with van der Waals surface area (Å²) >= 11 is 0. The number of benzene rings is 2. The van der Waals surface area contributed by atoms with E-state index >= 15 is 0 Å². The van der Waals surface area contributed by atoms with Gasteiger partial charge in [-0.3, -0.25) is 4.79 Å². The molecule has 0 aliphatic rings. The first-order valence-electron chi connectivity index (χ1n) is 8.34. The zero-order chi connectivity index (χ0) is 19.3. The molecule has 0 bridgehead atoms. The Labute approximate surface area is 159 Å². The average molecular weight is 375 g/mol. The number of nitrogens with one attached hydrogen (secondary N) is 1. The first kappa shape index (κ1) is 17.3. The van der Waals surface area contributed by atoms with Crippen molar-refractivity contribution in [3.8, 4) is 17.3 Å². The maximum Gasteiger partial charge on any atom is 0.255 e. The third-order valence-corrected chi connectivity index (χ3v) is 3.82. The molecular weight excluding hydrogens is 361 g/mol. The van der Waals surface area contributed by atoms with Crippen LogP contribution in [-0.4, -0.2) is 25.7 Å². The number of anilines is 1. The average Bonchev–Trinajstić information content (AvgIpc) is 3.25. The molecule has 4 rings (SSSR count). The molecule has 8 heteroatoms. The molecule has 138 valence electrons. The molecule has 0 spiro atoms. The lowest BCUT2D eigenvalue weighted by Gasteiger charge is -2.12. The van der Waals surface area contributed by atoms with Gasteiger partial charge in [0.2, 0.25) is 0 Å². The minimum atomic E-state index is -0.406. The van der Waals surface area contributed by atoms with Crippen LogP contribution in [0.1, 0.15) is 10.4 Å². The Bertz CT molecular complexity index is 1120. The Hall–Kier alpha value is -4.07. The van der Waals surface area contributed by atoms with Gasteiger partial charge in [-0.1, -0.05) is 18.2 Å². The molecule has 4 aromatic rings. The van der Waals surface area contributed by atoms with E-state index in [1.165, 1.54) is 35.7 Å². The molecule has 0 radical (unpaired) electrons. The van der Waals surface area contributed by atoms with Gasteiger partial charge in [-0.25, -0.2) is 19.0 Å². The van der Waals surface area contributed by atoms with E-state index in [2.05, 4.69) is 20.4 Å². The van der Waals surface area contributed by atoms with E-state index in [-0.39, 0.29) is 5.91 Å². The van der Waals surface area contributed by atoms with Crippen molar-refractivity contribution >= 4 is 11.6 Å². The number of para-hydroxylation sites is 2. The standard InChI is InChI=1S/C20H14FN5O2/c21-15-4-3-5-16(11-15)28-18-7-2-1-6-17(18)25-20(27)14-8-9-23-19(10-14)26-13-22-12-24-26/h1-13H,(H,25,27). The number of halogens is 1. The second-order valence-corrected chi connectivity index (χ2v) is 5.75. The summed E-state index contributed by atoms with van der Waals surface area (Å²) in [6, 6.07) is 15.9. The minimum absolute atomic E-state index is 0.332. The zero-order valence-electron chi connectivity index (χ0n) is 14.5. The number of carbonyl (C=O) groups excluding carboxylic acids is 1. The van der Waals surface area contributed by atoms with E-state index in [0.29, 0.717) is 28.6 Å². The van der Waals surface area contributed by atoms with E-state index in [9.17, 15) is 9.18 Å². The van der Waals surface area contributed by atoms with Gasteiger partial charge in [0.15, 0.2) is 11.6 Å². The summed E-state index contributed by atoms with van der Waals surface area (Å²) in [5, 5.41) is 6.80. The van der Waals surface area contributed by atoms with E-state index in [1.54, 1.807) is 48.5 Å². The number of hydrogen-bond donors (Lipinski definition) is 1. The van der Waals surface area contributed by atoms with Crippen molar-refractivity contribution in [2.24, 2.45) is 0 Å². The Morgan fingerprint density at radius 2 is 1.96 bits per heavy atom. The molecule has 2 aromatic carbocycles. The van der Waals surface area contributed by atoms with Crippen molar-refractivity contribution in [1.82, 2.24) is 19.7 Å². The van der Waals surface area contributed by atoms with Crippen LogP contribution in [0, 0.1) is 5.82 Å². The van der Waals surface area contributed by atoms with Crippen molar-refractivity contribution in [3.05, 3.63) is 90.9 Å². The molecule has 0 fully saturated rings. The van der Waals surface area contributed by atoms with E-state index in [1.807, 2.05) is 0 Å². The summed E-state index contributed by atoms with van der Waals surface area (Å²) in [6.45, 7) is 0. The smallest absolute Gasteiger partial charge is 0.255 e. The fraction of sp³-hybridized carbons (Fsp3) is 0. The Morgan fingerprint density at radius 1 is 1.07 bits per heavy atom. The van der Waals surface area contributed by atoms with Crippen LogP contribution < -0.4 is 10.1 Å². The summed E-state index contributed by atoms with van der Waals surface area (Å²) in [6.07, 6.45) is 4.39. The second-order valence-electron chi connectivity index (χ2n) is 5.75. The van der Waals surface area contributed by atoms with Gasteiger partial charge in [0.1, 0.15) is 24.2 Å². The van der Waals surface area contributed by atoms with Gasteiger partial charge in [-0.2, -0.15) is 5.10 Å². The Kier molecular flexibility index (Phi) is 4.75. The maximum absolute atomic E-state index is 13.4. The van der Waals surface area contributed by atoms with E-state index in [4.69, 9.17) is 4.74 Å². The molecule has 7 nitrogen and oxygen atoms in total. The SMILES string of the molecule is O=C(Nc1ccccc1Oc1cccc(F)c1)c1ccnc(-n2cncn2)c1. The van der Waals surface area contributed by atoms with E-state index < -0.39 is 5.82 Å². The topological polar surface area (TPSA) is 81.9 Å². The van der Waals surface area contributed by atoms with Crippen molar-refractivity contribution in [2.45, 2.75) is 0 Å². The van der Waals surface area contributed by atoms with Gasteiger partial charge < -0.3 is 10.1 Å². The number of aromatic nitrogens is 4. The molecular formula is C20H14FN5O2. The molecule has 0 unspecified atom stereocenters. The van der Waals surface area contributed by atoms with Crippen molar-refractivity contribution < 1.29 is 13.9 Å². The lowest BCUT2D eigenvalue weighted by Crippen LogP contribution is -2.13. The highest BCUT2D eigenvalue weighted by Gasteiger charge is 2.12. The fourth-order valence-electron chi connectivity index (χ4n) is 2.52. The lowest BCUT2D eigenvalue weighted by atomic mass is 10.2. The van der Waals surface area contributed by atoms with E-state index in [0.717, 1.165) is 0 Å². The van der Waals surface area contributed by atoms with Crippen molar-refractivity contribution in [3.63, 3.8) is 0 Å². The van der Waals surface area contributed by atoms with Crippen LogP contribution in [0.3, 0.4) is 0 Å². The first-order valence-corrected chi connectivity index (χ1v) is 8.34. The molecule has 2 heterocycles. The number of carbonyl (C=O) groups is 1. The van der Waals surface area contributed by atoms with Gasteiger partial charge in [-0.05, 0) is 36.4 Å². The molecule has 28 heavy (non-hydrogen) atoms. The van der Waals surface area contributed by atoms with Crippen LogP contribution in [0.5, 0.6) is 11.5 Å². The maximum atomic E-state index is 13.4. The first-order chi connectivity index (χ1) is 13.7. The summed E-state index contributed by atoms with van der Waals surface area (Å²) in [5.74, 6) is 0.441. The quantitative estimate of drug-likeness (QED) is 0.573. The molecule has 2 aromatic heterocycles. The number of ether oxygens (including phenoxy) is 1. The van der Waals surface area contributed by atoms with Gasteiger partial charge >= 0.3 is 0 Å². The van der Waals surface area contributed by atoms with Crippen LogP contribution in [0.25, 0.3) is 5.82 Å². The number of rotatable bonds is 5. The third kappa shape index (κ3) is 3.85. The fourth-order valence-corrected chi connectivity index (χ4v) is 2.52. The van der Waals surface area contributed by atoms with Crippen LogP contribution in [0.2, 0.25) is 0 Å². The highest BCUT2D eigenvalue weighted by Crippen LogP contribution is 2.30. The van der Waals surface area contributed by atoms with Crippen LogP contribution in [-0.2, 0) is 0 Å². The number of nitrogens with zero attached hydrogens (tertiary/aromatic N) is 4. The lowest BCUT2D eigenvalue weighted by molar-refractivity contribution is 0.102. The van der Waals surface area contributed by atoms with Crippen LogP contribution >= 0.6 is 0 Å². The van der Waals surface area contributed by atoms with Gasteiger partial charge in [0.25, 0.3) is 5.91 Å². The molecule has 0 aliphatic heterocycles. The predicted molar refractivity (Wildman–Crippen MR) is 100 cm³/mol. The summed E-state index contributed by atoms with van der Waals surface area (Å²) < 4.78 is 20.6. The molecule has 1 amide bonds. The molecule has 0 atom stereocenters.